The summed E-state index contributed by atoms with van der Waals surface area (Å²) in [5, 5.41) is 14.8. The first-order valence-electron chi connectivity index (χ1n) is 6.29. The molecule has 1 aromatic heterocycles. The SMILES string of the molecule is Cc1ncsc1CNC(=O)NCc1ccccc1CO. The number of aliphatic hydroxyl groups is 1. The molecule has 0 fully saturated rings. The fraction of sp³-hybridized carbons (Fsp3) is 0.286. The molecule has 2 aromatic rings. The molecule has 0 aliphatic rings. The maximum atomic E-state index is 11.7. The first kappa shape index (κ1) is 14.5. The Bertz CT molecular complexity index is 583. The van der Waals surface area contributed by atoms with E-state index in [-0.39, 0.29) is 12.6 Å². The third-order valence-electron chi connectivity index (χ3n) is 2.98. The fourth-order valence-electron chi connectivity index (χ4n) is 1.78. The van der Waals surface area contributed by atoms with Crippen LogP contribution in [0.2, 0.25) is 0 Å². The Balaban J connectivity index is 1.82. The summed E-state index contributed by atoms with van der Waals surface area (Å²) < 4.78 is 0. The Hall–Kier alpha value is -1.92. The zero-order chi connectivity index (χ0) is 14.4. The number of aryl methyl sites for hydroxylation is 1. The molecule has 1 aromatic carbocycles. The van der Waals surface area contributed by atoms with Gasteiger partial charge in [-0.1, -0.05) is 24.3 Å². The van der Waals surface area contributed by atoms with Crippen molar-refractivity contribution >= 4 is 17.4 Å². The van der Waals surface area contributed by atoms with Gasteiger partial charge in [-0.25, -0.2) is 9.78 Å². The van der Waals surface area contributed by atoms with E-state index in [2.05, 4.69) is 15.6 Å². The number of carbonyl (C=O) groups is 1. The first-order valence-corrected chi connectivity index (χ1v) is 7.17. The van der Waals surface area contributed by atoms with Crippen LogP contribution in [0.4, 0.5) is 4.79 Å². The fourth-order valence-corrected chi connectivity index (χ4v) is 2.50. The Morgan fingerprint density at radius 3 is 2.60 bits per heavy atom. The molecule has 2 rings (SSSR count). The third kappa shape index (κ3) is 3.79. The number of nitrogens with one attached hydrogen (secondary N) is 2. The Morgan fingerprint density at radius 1 is 1.25 bits per heavy atom. The van der Waals surface area contributed by atoms with Gasteiger partial charge in [0.2, 0.25) is 0 Å². The van der Waals surface area contributed by atoms with Gasteiger partial charge in [0.15, 0.2) is 0 Å². The summed E-state index contributed by atoms with van der Waals surface area (Å²) in [6.45, 7) is 2.76. The Labute approximate surface area is 121 Å². The third-order valence-corrected chi connectivity index (χ3v) is 3.92. The monoisotopic (exact) mass is 291 g/mol. The van der Waals surface area contributed by atoms with Gasteiger partial charge < -0.3 is 15.7 Å². The van der Waals surface area contributed by atoms with E-state index in [1.807, 2.05) is 31.2 Å². The molecule has 0 unspecified atom stereocenters. The van der Waals surface area contributed by atoms with E-state index in [1.165, 1.54) is 11.3 Å². The minimum Gasteiger partial charge on any atom is -0.392 e. The van der Waals surface area contributed by atoms with Gasteiger partial charge in [0, 0.05) is 11.4 Å². The zero-order valence-electron chi connectivity index (χ0n) is 11.2. The van der Waals surface area contributed by atoms with Gasteiger partial charge in [0.25, 0.3) is 0 Å². The van der Waals surface area contributed by atoms with Gasteiger partial charge in [0.1, 0.15) is 0 Å². The summed E-state index contributed by atoms with van der Waals surface area (Å²) in [5.41, 5.74) is 4.45. The van der Waals surface area contributed by atoms with Crippen LogP contribution in [0.15, 0.2) is 29.8 Å². The van der Waals surface area contributed by atoms with Crippen molar-refractivity contribution in [1.82, 2.24) is 15.6 Å². The summed E-state index contributed by atoms with van der Waals surface area (Å²) >= 11 is 1.53. The quantitative estimate of drug-likeness (QED) is 0.788. The number of urea groups is 1. The highest BCUT2D eigenvalue weighted by Crippen LogP contribution is 2.11. The van der Waals surface area contributed by atoms with Crippen LogP contribution in [0.1, 0.15) is 21.7 Å². The van der Waals surface area contributed by atoms with Crippen LogP contribution >= 0.6 is 11.3 Å². The van der Waals surface area contributed by atoms with Crippen LogP contribution in [0.5, 0.6) is 0 Å². The number of benzene rings is 1. The molecule has 0 aliphatic carbocycles. The number of hydrogen-bond acceptors (Lipinski definition) is 4. The van der Waals surface area contributed by atoms with E-state index >= 15 is 0 Å². The normalized spacial score (nSPS) is 10.3. The minimum atomic E-state index is -0.231. The molecule has 3 N–H and O–H groups in total. The molecule has 0 radical (unpaired) electrons. The molecular weight excluding hydrogens is 274 g/mol. The number of carbonyl (C=O) groups excluding carboxylic acids is 1. The highest BCUT2D eigenvalue weighted by Gasteiger charge is 2.06. The molecule has 0 bridgehead atoms. The van der Waals surface area contributed by atoms with E-state index in [9.17, 15) is 9.90 Å². The maximum Gasteiger partial charge on any atom is 0.315 e. The second-order valence-electron chi connectivity index (χ2n) is 4.32. The van der Waals surface area contributed by atoms with E-state index in [4.69, 9.17) is 0 Å². The molecule has 6 heteroatoms. The van der Waals surface area contributed by atoms with Crippen molar-refractivity contribution in [1.29, 1.82) is 0 Å². The average Bonchev–Trinajstić information content (AvgIpc) is 2.88. The molecule has 2 amide bonds. The summed E-state index contributed by atoms with van der Waals surface area (Å²) in [4.78, 5) is 16.9. The van der Waals surface area contributed by atoms with E-state index in [1.54, 1.807) is 5.51 Å². The van der Waals surface area contributed by atoms with Gasteiger partial charge in [-0.05, 0) is 18.1 Å². The highest BCUT2D eigenvalue weighted by molar-refractivity contribution is 7.09. The van der Waals surface area contributed by atoms with Crippen LogP contribution in [-0.4, -0.2) is 16.1 Å². The largest absolute Gasteiger partial charge is 0.392 e. The highest BCUT2D eigenvalue weighted by atomic mass is 32.1. The van der Waals surface area contributed by atoms with Crippen LogP contribution in [0.3, 0.4) is 0 Å². The van der Waals surface area contributed by atoms with Crippen molar-refractivity contribution in [3.63, 3.8) is 0 Å². The molecule has 0 saturated heterocycles. The predicted molar refractivity (Wildman–Crippen MR) is 78.3 cm³/mol. The number of thiazole rings is 1. The lowest BCUT2D eigenvalue weighted by atomic mass is 10.1. The number of aromatic nitrogens is 1. The average molecular weight is 291 g/mol. The molecule has 20 heavy (non-hydrogen) atoms. The lowest BCUT2D eigenvalue weighted by Crippen LogP contribution is -2.34. The molecule has 0 atom stereocenters. The standard InChI is InChI=1S/C14H17N3O2S/c1-10-13(20-9-17-10)7-16-14(19)15-6-11-4-2-3-5-12(11)8-18/h2-5,9,18H,6-8H2,1H3,(H2,15,16,19). The van der Waals surface area contributed by atoms with Crippen molar-refractivity contribution in [2.24, 2.45) is 0 Å². The van der Waals surface area contributed by atoms with Gasteiger partial charge in [-0.15, -0.1) is 11.3 Å². The van der Waals surface area contributed by atoms with Crippen LogP contribution in [0.25, 0.3) is 0 Å². The smallest absolute Gasteiger partial charge is 0.315 e. The molecule has 5 nitrogen and oxygen atoms in total. The van der Waals surface area contributed by atoms with Crippen molar-refractivity contribution < 1.29 is 9.90 Å². The van der Waals surface area contributed by atoms with E-state index in [0.29, 0.717) is 13.1 Å². The van der Waals surface area contributed by atoms with Crippen molar-refractivity contribution in [3.8, 4) is 0 Å². The second kappa shape index (κ2) is 7.02. The molecular formula is C14H17N3O2S. The molecule has 0 aliphatic heterocycles. The predicted octanol–water partition coefficient (Wildman–Crippen LogP) is 1.94. The van der Waals surface area contributed by atoms with Crippen molar-refractivity contribution in [3.05, 3.63) is 51.5 Å². The van der Waals surface area contributed by atoms with E-state index < -0.39 is 0 Å². The summed E-state index contributed by atoms with van der Waals surface area (Å²) in [7, 11) is 0. The summed E-state index contributed by atoms with van der Waals surface area (Å²) in [5.74, 6) is 0. The van der Waals surface area contributed by atoms with Crippen LogP contribution < -0.4 is 10.6 Å². The first-order chi connectivity index (χ1) is 9.70. The Morgan fingerprint density at radius 2 is 1.95 bits per heavy atom. The number of aliphatic hydroxyl groups excluding tert-OH is 1. The number of hydrogen-bond donors (Lipinski definition) is 3. The van der Waals surface area contributed by atoms with Crippen LogP contribution in [-0.2, 0) is 19.7 Å². The number of rotatable bonds is 5. The summed E-state index contributed by atoms with van der Waals surface area (Å²) in [6, 6.07) is 7.25. The molecule has 106 valence electrons. The lowest BCUT2D eigenvalue weighted by Gasteiger charge is -2.09. The Kier molecular flexibility index (Phi) is 5.09. The second-order valence-corrected chi connectivity index (χ2v) is 5.26. The molecule has 0 saturated carbocycles. The van der Waals surface area contributed by atoms with Gasteiger partial charge >= 0.3 is 6.03 Å². The van der Waals surface area contributed by atoms with Gasteiger partial charge in [-0.2, -0.15) is 0 Å². The van der Waals surface area contributed by atoms with Crippen LogP contribution in [0, 0.1) is 6.92 Å². The molecule has 1 heterocycles. The minimum absolute atomic E-state index is 0.0282. The maximum absolute atomic E-state index is 11.7. The zero-order valence-corrected chi connectivity index (χ0v) is 12.0. The van der Waals surface area contributed by atoms with E-state index in [0.717, 1.165) is 21.7 Å². The van der Waals surface area contributed by atoms with Crippen molar-refractivity contribution in [2.75, 3.05) is 0 Å². The van der Waals surface area contributed by atoms with Gasteiger partial charge in [0.05, 0.1) is 24.4 Å². The molecule has 0 spiro atoms. The number of amides is 2. The van der Waals surface area contributed by atoms with Gasteiger partial charge in [-0.3, -0.25) is 0 Å². The topological polar surface area (TPSA) is 74.2 Å². The summed E-state index contributed by atoms with van der Waals surface area (Å²) in [6.07, 6.45) is 0. The number of nitrogens with zero attached hydrogens (tertiary/aromatic N) is 1. The lowest BCUT2D eigenvalue weighted by molar-refractivity contribution is 0.240. The van der Waals surface area contributed by atoms with Crippen molar-refractivity contribution in [2.45, 2.75) is 26.6 Å².